The highest BCUT2D eigenvalue weighted by Crippen LogP contribution is 2.32. The van der Waals surface area contributed by atoms with E-state index in [0.717, 1.165) is 38.8 Å². The van der Waals surface area contributed by atoms with Gasteiger partial charge in [-0.1, -0.05) is 23.4 Å². The van der Waals surface area contributed by atoms with Crippen molar-refractivity contribution < 1.29 is 42.8 Å². The van der Waals surface area contributed by atoms with E-state index in [1.807, 2.05) is 45.1 Å². The molecule has 0 spiro atoms. The molecule has 2 N–H and O–H groups in total. The number of rotatable bonds is 15. The van der Waals surface area contributed by atoms with Crippen LogP contribution in [0.25, 0.3) is 0 Å². The molecule has 0 bridgehead atoms. The number of nitrogens with zero attached hydrogens (tertiary/aromatic N) is 2. The van der Waals surface area contributed by atoms with E-state index in [2.05, 4.69) is 5.16 Å². The number of oxime groups is 1. The zero-order valence-corrected chi connectivity index (χ0v) is 27.6. The van der Waals surface area contributed by atoms with Gasteiger partial charge in [-0.3, -0.25) is 4.79 Å². The van der Waals surface area contributed by atoms with Crippen LogP contribution in [-0.4, -0.2) is 94.3 Å². The number of piperidine rings is 1. The van der Waals surface area contributed by atoms with Gasteiger partial charge in [0.05, 0.1) is 11.8 Å². The van der Waals surface area contributed by atoms with Gasteiger partial charge in [0, 0.05) is 51.8 Å². The highest BCUT2D eigenvalue weighted by molar-refractivity contribution is 6.00. The van der Waals surface area contributed by atoms with Crippen molar-refractivity contribution in [1.82, 2.24) is 4.90 Å². The number of carbonyl (C=O) groups is 2. The molecule has 0 radical (unpaired) electrons. The van der Waals surface area contributed by atoms with E-state index in [1.165, 1.54) is 0 Å². The monoisotopic (exact) mass is 645 g/mol. The molecule has 12 heteroatoms. The summed E-state index contributed by atoms with van der Waals surface area (Å²) in [6.07, 6.45) is 12.1. The van der Waals surface area contributed by atoms with Crippen molar-refractivity contribution in [2.24, 2.45) is 10.9 Å². The van der Waals surface area contributed by atoms with Crippen molar-refractivity contribution in [3.05, 3.63) is 47.6 Å². The highest BCUT2D eigenvalue weighted by Gasteiger charge is 2.25. The first-order chi connectivity index (χ1) is 22.4. The molecule has 0 aromatic heterocycles. The number of hydrogen-bond acceptors (Lipinski definition) is 11. The molecule has 3 rings (SSSR count). The number of allylic oxidation sites excluding steroid dienone is 1. The van der Waals surface area contributed by atoms with Crippen LogP contribution in [0.2, 0.25) is 0 Å². The Labute approximate surface area is 272 Å². The minimum absolute atomic E-state index is 0.0160. The van der Waals surface area contributed by atoms with E-state index >= 15 is 0 Å². The van der Waals surface area contributed by atoms with Crippen molar-refractivity contribution in [2.45, 2.75) is 77.9 Å². The normalized spacial score (nSPS) is 21.5. The molecule has 46 heavy (non-hydrogen) atoms. The molecular formula is C34H51N3O9. The molecule has 2 aliphatic heterocycles. The molecule has 1 aromatic carbocycles. The van der Waals surface area contributed by atoms with Gasteiger partial charge in [0.2, 0.25) is 0 Å². The second-order valence-electron chi connectivity index (χ2n) is 11.0. The fraction of sp³-hybridized carbons (Fsp3) is 0.618. The van der Waals surface area contributed by atoms with Crippen LogP contribution in [0.1, 0.15) is 75.2 Å². The summed E-state index contributed by atoms with van der Waals surface area (Å²) < 4.78 is 34.5. The minimum atomic E-state index is -0.559. The van der Waals surface area contributed by atoms with Gasteiger partial charge in [-0.25, -0.2) is 4.79 Å². The molecule has 2 aliphatic rings. The standard InChI is InChI=1S/C34H51N3O9/c1-4-40-24-43-30-21-27-20-28(36-45-23-32(38)37-17-7-6-8-18-37)13-10-15-29(42-19-11-16-35)14-9-12-26(3)46-34(39)33(27)31(22-30)44-25-41-5-2/h9-10,13-14,21-22,26,29H,4-8,11-12,15-20,23-25,35H2,1-3H3/b13-10+,14-9+,36-28+/t26-,29-/m1/s1. The van der Waals surface area contributed by atoms with Crippen LogP contribution in [0.4, 0.5) is 0 Å². The summed E-state index contributed by atoms with van der Waals surface area (Å²) in [7, 11) is 0. The average Bonchev–Trinajstić information content (AvgIpc) is 3.04. The summed E-state index contributed by atoms with van der Waals surface area (Å²) in [6.45, 7) is 8.73. The molecule has 0 saturated carbocycles. The SMILES string of the molecule is CCOCOc1cc2c(c(OCOCC)c1)C(=O)O[C@H](C)C/C=C/[C@@H](OCCCN)C/C=C/C(=N\OCC(=O)N1CCCCC1)C2. The number of fused-ring (bicyclic) bond motifs is 1. The molecule has 12 nitrogen and oxygen atoms in total. The van der Waals surface area contributed by atoms with E-state index in [4.69, 9.17) is 39.0 Å². The average molecular weight is 646 g/mol. The Morgan fingerprint density at radius 1 is 1.04 bits per heavy atom. The lowest BCUT2D eigenvalue weighted by atomic mass is 9.99. The maximum absolute atomic E-state index is 13.7. The zero-order valence-electron chi connectivity index (χ0n) is 27.6. The number of ether oxygens (including phenoxy) is 6. The molecule has 1 saturated heterocycles. The molecule has 1 aromatic rings. The Balaban J connectivity index is 1.99. The largest absolute Gasteiger partial charge is 0.467 e. The second kappa shape index (κ2) is 21.4. The Hall–Kier alpha value is -3.45. The summed E-state index contributed by atoms with van der Waals surface area (Å²) in [6, 6.07) is 3.36. The number of esters is 1. The Morgan fingerprint density at radius 3 is 2.54 bits per heavy atom. The molecule has 1 amide bonds. The molecule has 1 fully saturated rings. The highest BCUT2D eigenvalue weighted by atomic mass is 16.7. The third-order valence-electron chi connectivity index (χ3n) is 7.31. The lowest BCUT2D eigenvalue weighted by Crippen LogP contribution is -2.37. The third-order valence-corrected chi connectivity index (χ3v) is 7.31. The maximum atomic E-state index is 13.7. The third kappa shape index (κ3) is 13.1. The summed E-state index contributed by atoms with van der Waals surface area (Å²) in [4.78, 5) is 33.9. The number of benzene rings is 1. The molecule has 2 atom stereocenters. The van der Waals surface area contributed by atoms with Gasteiger partial charge < -0.3 is 43.9 Å². The number of nitrogens with two attached hydrogens (primary N) is 1. The Morgan fingerprint density at radius 2 is 1.80 bits per heavy atom. The predicted octanol–water partition coefficient (Wildman–Crippen LogP) is 4.55. The fourth-order valence-electron chi connectivity index (χ4n) is 4.89. The van der Waals surface area contributed by atoms with Gasteiger partial charge in [-0.15, -0.1) is 0 Å². The molecule has 2 heterocycles. The van der Waals surface area contributed by atoms with Crippen molar-refractivity contribution in [1.29, 1.82) is 0 Å². The van der Waals surface area contributed by atoms with E-state index in [9.17, 15) is 9.59 Å². The van der Waals surface area contributed by atoms with Crippen LogP contribution in [0.5, 0.6) is 11.5 Å². The van der Waals surface area contributed by atoms with Crippen molar-refractivity contribution in [3.8, 4) is 11.5 Å². The van der Waals surface area contributed by atoms with Gasteiger partial charge in [0.1, 0.15) is 23.2 Å². The van der Waals surface area contributed by atoms with Gasteiger partial charge in [-0.2, -0.15) is 0 Å². The topological polar surface area (TPSA) is 140 Å². The zero-order chi connectivity index (χ0) is 33.0. The predicted molar refractivity (Wildman–Crippen MR) is 174 cm³/mol. The van der Waals surface area contributed by atoms with Gasteiger partial charge >= 0.3 is 5.97 Å². The quantitative estimate of drug-likeness (QED) is 0.0950. The van der Waals surface area contributed by atoms with Crippen LogP contribution in [-0.2, 0) is 35.0 Å². The number of cyclic esters (lactones) is 1. The Bertz CT molecular complexity index is 1160. The van der Waals surface area contributed by atoms with Crippen LogP contribution in [0.15, 0.2) is 41.6 Å². The van der Waals surface area contributed by atoms with Crippen LogP contribution >= 0.6 is 0 Å². The van der Waals surface area contributed by atoms with Gasteiger partial charge in [0.25, 0.3) is 5.91 Å². The fourth-order valence-corrected chi connectivity index (χ4v) is 4.89. The molecular weight excluding hydrogens is 594 g/mol. The molecule has 0 unspecified atom stereocenters. The number of carbonyl (C=O) groups excluding carboxylic acids is 2. The van der Waals surface area contributed by atoms with Gasteiger partial charge in [-0.05, 0) is 77.1 Å². The second-order valence-corrected chi connectivity index (χ2v) is 11.0. The smallest absolute Gasteiger partial charge is 0.342 e. The van der Waals surface area contributed by atoms with Gasteiger partial charge in [0.15, 0.2) is 20.2 Å². The van der Waals surface area contributed by atoms with E-state index < -0.39 is 12.1 Å². The summed E-state index contributed by atoms with van der Waals surface area (Å²) >= 11 is 0. The van der Waals surface area contributed by atoms with Crippen molar-refractivity contribution >= 4 is 17.6 Å². The Kier molecular flexibility index (Phi) is 17.2. The lowest BCUT2D eigenvalue weighted by Gasteiger charge is -2.26. The van der Waals surface area contributed by atoms with E-state index in [1.54, 1.807) is 17.0 Å². The van der Waals surface area contributed by atoms with Crippen molar-refractivity contribution in [2.75, 3.05) is 59.6 Å². The minimum Gasteiger partial charge on any atom is -0.467 e. The van der Waals surface area contributed by atoms with Crippen molar-refractivity contribution in [3.63, 3.8) is 0 Å². The maximum Gasteiger partial charge on any atom is 0.342 e. The summed E-state index contributed by atoms with van der Waals surface area (Å²) in [5, 5.41) is 4.36. The number of amides is 1. The van der Waals surface area contributed by atoms with E-state index in [0.29, 0.717) is 56.2 Å². The number of hydrogen-bond donors (Lipinski definition) is 1. The summed E-state index contributed by atoms with van der Waals surface area (Å²) in [5.74, 6) is 0.0105. The van der Waals surface area contributed by atoms with Crippen LogP contribution < -0.4 is 15.2 Å². The molecule has 256 valence electrons. The first-order valence-electron chi connectivity index (χ1n) is 16.4. The first kappa shape index (κ1) is 37.0. The lowest BCUT2D eigenvalue weighted by molar-refractivity contribution is -0.137. The van der Waals surface area contributed by atoms with Crippen LogP contribution in [0.3, 0.4) is 0 Å². The van der Waals surface area contributed by atoms with E-state index in [-0.39, 0.29) is 49.9 Å². The van der Waals surface area contributed by atoms with Crippen LogP contribution in [0, 0.1) is 0 Å². The molecule has 0 aliphatic carbocycles. The summed E-state index contributed by atoms with van der Waals surface area (Å²) in [5.41, 5.74) is 6.90. The number of likely N-dealkylation sites (tertiary alicyclic amines) is 1. The first-order valence-corrected chi connectivity index (χ1v) is 16.4.